The molecular formula is C19H19N3O. The molecule has 23 heavy (non-hydrogen) atoms. The molecule has 3 rings (SSSR count). The molecule has 1 fully saturated rings. The van der Waals surface area contributed by atoms with Crippen LogP contribution in [0.3, 0.4) is 0 Å². The molecule has 1 aromatic heterocycles. The van der Waals surface area contributed by atoms with Gasteiger partial charge in [0.25, 0.3) is 0 Å². The number of hydrogen-bond acceptors (Lipinski definition) is 3. The lowest BCUT2D eigenvalue weighted by Gasteiger charge is -2.35. The van der Waals surface area contributed by atoms with E-state index in [2.05, 4.69) is 35.7 Å². The molecule has 1 aliphatic heterocycles. The summed E-state index contributed by atoms with van der Waals surface area (Å²) in [7, 11) is 0. The smallest absolute Gasteiger partial charge is 0.232 e. The standard InChI is InChI=1S/C19H19N3O/c1-19(2)10-11-22(17(23)12-19)18-20-13-16(14-21-18)9-8-15-6-4-3-5-7-15/h3-7,13-14H,10-12H2,1-2H3. The van der Waals surface area contributed by atoms with E-state index in [1.807, 2.05) is 30.3 Å². The predicted octanol–water partition coefficient (Wildman–Crippen LogP) is 3.03. The summed E-state index contributed by atoms with van der Waals surface area (Å²) in [6.07, 6.45) is 4.83. The van der Waals surface area contributed by atoms with Crippen molar-refractivity contribution in [3.05, 3.63) is 53.9 Å². The lowest BCUT2D eigenvalue weighted by molar-refractivity contribution is -0.122. The highest BCUT2D eigenvalue weighted by Gasteiger charge is 2.33. The lowest BCUT2D eigenvalue weighted by atomic mass is 9.82. The highest BCUT2D eigenvalue weighted by atomic mass is 16.2. The molecule has 2 heterocycles. The third-order valence-electron chi connectivity index (χ3n) is 3.95. The highest BCUT2D eigenvalue weighted by molar-refractivity contribution is 5.92. The summed E-state index contributed by atoms with van der Waals surface area (Å²) in [5.74, 6) is 6.66. The molecule has 0 radical (unpaired) electrons. The Morgan fingerprint density at radius 2 is 1.70 bits per heavy atom. The van der Waals surface area contributed by atoms with Crippen molar-refractivity contribution in [1.82, 2.24) is 9.97 Å². The lowest BCUT2D eigenvalue weighted by Crippen LogP contribution is -2.42. The summed E-state index contributed by atoms with van der Waals surface area (Å²) in [5, 5.41) is 0. The van der Waals surface area contributed by atoms with Crippen LogP contribution in [0.4, 0.5) is 5.95 Å². The van der Waals surface area contributed by atoms with Gasteiger partial charge in [0.1, 0.15) is 0 Å². The van der Waals surface area contributed by atoms with Crippen LogP contribution >= 0.6 is 0 Å². The number of aromatic nitrogens is 2. The summed E-state index contributed by atoms with van der Waals surface area (Å²) >= 11 is 0. The average Bonchev–Trinajstić information content (AvgIpc) is 2.54. The van der Waals surface area contributed by atoms with Gasteiger partial charge >= 0.3 is 0 Å². The topological polar surface area (TPSA) is 46.1 Å². The molecule has 0 unspecified atom stereocenters. The van der Waals surface area contributed by atoms with Gasteiger partial charge in [-0.1, -0.05) is 43.9 Å². The van der Waals surface area contributed by atoms with Crippen LogP contribution in [0.2, 0.25) is 0 Å². The van der Waals surface area contributed by atoms with E-state index in [1.165, 1.54) is 0 Å². The molecule has 0 saturated carbocycles. The monoisotopic (exact) mass is 305 g/mol. The van der Waals surface area contributed by atoms with E-state index in [-0.39, 0.29) is 11.3 Å². The molecule has 0 N–H and O–H groups in total. The number of rotatable bonds is 1. The van der Waals surface area contributed by atoms with E-state index in [0.29, 0.717) is 18.9 Å². The Hall–Kier alpha value is -2.67. The number of piperidine rings is 1. The number of benzene rings is 1. The van der Waals surface area contributed by atoms with Crippen LogP contribution in [-0.2, 0) is 4.79 Å². The van der Waals surface area contributed by atoms with E-state index >= 15 is 0 Å². The van der Waals surface area contributed by atoms with Crippen LogP contribution in [0.5, 0.6) is 0 Å². The zero-order chi connectivity index (χ0) is 16.3. The molecule has 2 aromatic rings. The Balaban J connectivity index is 1.73. The van der Waals surface area contributed by atoms with E-state index < -0.39 is 0 Å². The minimum absolute atomic E-state index is 0.0642. The summed E-state index contributed by atoms with van der Waals surface area (Å²) in [6, 6.07) is 9.77. The van der Waals surface area contributed by atoms with Crippen LogP contribution in [-0.4, -0.2) is 22.4 Å². The van der Waals surface area contributed by atoms with E-state index in [0.717, 1.165) is 17.5 Å². The van der Waals surface area contributed by atoms with Crippen molar-refractivity contribution in [2.75, 3.05) is 11.4 Å². The normalized spacial score (nSPS) is 16.6. The van der Waals surface area contributed by atoms with Crippen molar-refractivity contribution in [3.8, 4) is 11.8 Å². The van der Waals surface area contributed by atoms with Crippen LogP contribution < -0.4 is 4.90 Å². The second-order valence-corrected chi connectivity index (χ2v) is 6.52. The first-order valence-electron chi connectivity index (χ1n) is 7.73. The maximum atomic E-state index is 12.2. The fourth-order valence-electron chi connectivity index (χ4n) is 2.53. The Morgan fingerprint density at radius 1 is 1.04 bits per heavy atom. The number of carbonyl (C=O) groups is 1. The van der Waals surface area contributed by atoms with E-state index in [1.54, 1.807) is 17.3 Å². The van der Waals surface area contributed by atoms with Crippen LogP contribution in [0, 0.1) is 17.3 Å². The molecule has 0 aliphatic carbocycles. The Labute approximate surface area is 136 Å². The third kappa shape index (κ3) is 3.75. The van der Waals surface area contributed by atoms with E-state index in [9.17, 15) is 4.79 Å². The third-order valence-corrected chi connectivity index (χ3v) is 3.95. The first-order valence-corrected chi connectivity index (χ1v) is 7.73. The van der Waals surface area contributed by atoms with Crippen molar-refractivity contribution in [3.63, 3.8) is 0 Å². The summed E-state index contributed by atoms with van der Waals surface area (Å²) in [5.41, 5.74) is 1.75. The quantitative estimate of drug-likeness (QED) is 0.761. The molecule has 1 aliphatic rings. The number of anilines is 1. The van der Waals surface area contributed by atoms with E-state index in [4.69, 9.17) is 0 Å². The molecule has 1 amide bonds. The first kappa shape index (κ1) is 15.2. The number of amides is 1. The largest absolute Gasteiger partial charge is 0.281 e. The fraction of sp³-hybridized carbons (Fsp3) is 0.316. The van der Waals surface area contributed by atoms with Gasteiger partial charge in [0.15, 0.2) is 0 Å². The van der Waals surface area contributed by atoms with Gasteiger partial charge in [-0.2, -0.15) is 0 Å². The van der Waals surface area contributed by atoms with Gasteiger partial charge < -0.3 is 0 Å². The Bertz CT molecular complexity index is 755. The number of carbonyl (C=O) groups excluding carboxylic acids is 1. The highest BCUT2D eigenvalue weighted by Crippen LogP contribution is 2.31. The molecular weight excluding hydrogens is 286 g/mol. The summed E-state index contributed by atoms with van der Waals surface area (Å²) in [6.45, 7) is 4.90. The summed E-state index contributed by atoms with van der Waals surface area (Å²) < 4.78 is 0. The maximum Gasteiger partial charge on any atom is 0.232 e. The Morgan fingerprint density at radius 3 is 2.35 bits per heavy atom. The molecule has 116 valence electrons. The van der Waals surface area contributed by atoms with Crippen molar-refractivity contribution in [1.29, 1.82) is 0 Å². The zero-order valence-electron chi connectivity index (χ0n) is 13.4. The Kier molecular flexibility index (Phi) is 4.12. The second-order valence-electron chi connectivity index (χ2n) is 6.52. The minimum Gasteiger partial charge on any atom is -0.281 e. The van der Waals surface area contributed by atoms with Gasteiger partial charge in [0.05, 0.1) is 5.56 Å². The van der Waals surface area contributed by atoms with Crippen molar-refractivity contribution >= 4 is 11.9 Å². The van der Waals surface area contributed by atoms with Crippen molar-refractivity contribution in [2.45, 2.75) is 26.7 Å². The maximum absolute atomic E-state index is 12.2. The SMILES string of the molecule is CC1(C)CCN(c2ncc(C#Cc3ccccc3)cn2)C(=O)C1. The number of hydrogen-bond donors (Lipinski definition) is 0. The molecule has 0 atom stereocenters. The second kappa shape index (κ2) is 6.21. The van der Waals surface area contributed by atoms with Gasteiger partial charge in [0.2, 0.25) is 11.9 Å². The minimum atomic E-state index is 0.0642. The first-order chi connectivity index (χ1) is 11.0. The molecule has 0 spiro atoms. The van der Waals surface area contributed by atoms with Crippen LogP contribution in [0.15, 0.2) is 42.7 Å². The van der Waals surface area contributed by atoms with Crippen molar-refractivity contribution < 1.29 is 4.79 Å². The molecule has 1 aromatic carbocycles. The molecule has 1 saturated heterocycles. The van der Waals surface area contributed by atoms with Crippen LogP contribution in [0.1, 0.15) is 37.8 Å². The predicted molar refractivity (Wildman–Crippen MR) is 89.8 cm³/mol. The van der Waals surface area contributed by atoms with Gasteiger partial charge in [-0.3, -0.25) is 9.69 Å². The van der Waals surface area contributed by atoms with Gasteiger partial charge in [-0.05, 0) is 24.0 Å². The van der Waals surface area contributed by atoms with Gasteiger partial charge in [-0.15, -0.1) is 0 Å². The molecule has 0 bridgehead atoms. The zero-order valence-corrected chi connectivity index (χ0v) is 13.4. The van der Waals surface area contributed by atoms with Crippen LogP contribution in [0.25, 0.3) is 0 Å². The molecule has 4 heteroatoms. The molecule has 4 nitrogen and oxygen atoms in total. The number of nitrogens with zero attached hydrogens (tertiary/aromatic N) is 3. The fourth-order valence-corrected chi connectivity index (χ4v) is 2.53. The van der Waals surface area contributed by atoms with Crippen molar-refractivity contribution in [2.24, 2.45) is 5.41 Å². The summed E-state index contributed by atoms with van der Waals surface area (Å²) in [4.78, 5) is 22.5. The van der Waals surface area contributed by atoms with Gasteiger partial charge in [0, 0.05) is 30.9 Å². The van der Waals surface area contributed by atoms with Gasteiger partial charge in [-0.25, -0.2) is 9.97 Å². The average molecular weight is 305 g/mol.